The molecule has 0 atom stereocenters. The molecule has 0 aromatic heterocycles. The summed E-state index contributed by atoms with van der Waals surface area (Å²) < 4.78 is 15.0. The van der Waals surface area contributed by atoms with Crippen LogP contribution in [-0.2, 0) is 14.0 Å². The van der Waals surface area contributed by atoms with Gasteiger partial charge in [0.2, 0.25) is 0 Å². The quantitative estimate of drug-likeness (QED) is 0.762. The number of aliphatic imine (C=N–C) groups is 1. The normalized spacial score (nSPS) is 15.6. The van der Waals surface area contributed by atoms with Crippen molar-refractivity contribution in [3.8, 4) is 0 Å². The van der Waals surface area contributed by atoms with Crippen LogP contribution in [0.1, 0.15) is 13.8 Å². The van der Waals surface area contributed by atoms with E-state index in [0.29, 0.717) is 0 Å². The molecule has 0 fully saturated rings. The van der Waals surface area contributed by atoms with Crippen LogP contribution >= 0.6 is 0 Å². The minimum absolute atomic E-state index is 0.0417. The fourth-order valence-corrected chi connectivity index (χ4v) is 1.44. The molecule has 5 heteroatoms. The van der Waals surface area contributed by atoms with Gasteiger partial charge in [0, 0.05) is 14.2 Å². The number of rotatable bonds is 3. The summed E-state index contributed by atoms with van der Waals surface area (Å²) in [5.41, 5.74) is 1.08. The summed E-state index contributed by atoms with van der Waals surface area (Å²) in [4.78, 5) is 4.02. The van der Waals surface area contributed by atoms with Crippen molar-refractivity contribution in [3.63, 3.8) is 0 Å². The Kier molecular flexibility index (Phi) is 5.88. The summed E-state index contributed by atoms with van der Waals surface area (Å²) in [7, 11) is 3.01. The summed E-state index contributed by atoms with van der Waals surface area (Å²) in [5.74, 6) is 0. The predicted octanol–water partition coefficient (Wildman–Crippen LogP) is 1.50. The molecule has 1 aliphatic heterocycles. The second-order valence-corrected chi connectivity index (χ2v) is 4.57. The molecule has 0 unspecified atom stereocenters. The van der Waals surface area contributed by atoms with E-state index in [4.69, 9.17) is 14.0 Å². The molecule has 0 saturated heterocycles. The first kappa shape index (κ1) is 14.7. The van der Waals surface area contributed by atoms with E-state index in [0.717, 1.165) is 12.1 Å². The molecule has 0 aliphatic carbocycles. The average molecular weight is 249 g/mol. The Labute approximate surface area is 109 Å². The Morgan fingerprint density at radius 1 is 1.17 bits per heavy atom. The molecule has 1 aliphatic rings. The van der Waals surface area contributed by atoms with E-state index in [1.165, 1.54) is 6.40 Å². The molecule has 0 spiro atoms. The van der Waals surface area contributed by atoms with E-state index in [1.807, 2.05) is 44.2 Å². The van der Waals surface area contributed by atoms with E-state index < -0.39 is 0 Å². The summed E-state index contributed by atoms with van der Waals surface area (Å²) in [6, 6.07) is 9.82. The first-order valence-corrected chi connectivity index (χ1v) is 5.85. The SMILES string of the molecule is CC1(C)COC=N1.COB(OC)c1ccccc1. The van der Waals surface area contributed by atoms with E-state index in [9.17, 15) is 0 Å². The fraction of sp³-hybridized carbons (Fsp3) is 0.462. The molecule has 1 heterocycles. The molecule has 0 saturated carbocycles. The lowest BCUT2D eigenvalue weighted by Crippen LogP contribution is -2.34. The van der Waals surface area contributed by atoms with Crippen molar-refractivity contribution >= 4 is 19.0 Å². The van der Waals surface area contributed by atoms with Gasteiger partial charge in [0.25, 0.3) is 0 Å². The van der Waals surface area contributed by atoms with Crippen LogP contribution in [0, 0.1) is 0 Å². The van der Waals surface area contributed by atoms with Crippen molar-refractivity contribution in [3.05, 3.63) is 30.3 Å². The zero-order valence-corrected chi connectivity index (χ0v) is 11.4. The number of ether oxygens (including phenoxy) is 1. The van der Waals surface area contributed by atoms with Crippen molar-refractivity contribution in [2.24, 2.45) is 4.99 Å². The minimum Gasteiger partial charge on any atom is -0.481 e. The molecule has 18 heavy (non-hydrogen) atoms. The lowest BCUT2D eigenvalue weighted by atomic mass is 9.79. The van der Waals surface area contributed by atoms with Crippen molar-refractivity contribution in [1.82, 2.24) is 0 Å². The molecule has 1 aromatic rings. The van der Waals surface area contributed by atoms with Crippen molar-refractivity contribution < 1.29 is 14.0 Å². The highest BCUT2D eigenvalue weighted by Gasteiger charge is 2.19. The van der Waals surface area contributed by atoms with Gasteiger partial charge in [0.05, 0.1) is 5.54 Å². The maximum absolute atomic E-state index is 5.06. The van der Waals surface area contributed by atoms with Crippen LogP contribution in [0.2, 0.25) is 0 Å². The first-order chi connectivity index (χ1) is 8.59. The average Bonchev–Trinajstić information content (AvgIpc) is 2.78. The maximum atomic E-state index is 5.06. The Hall–Kier alpha value is -1.33. The summed E-state index contributed by atoms with van der Waals surface area (Å²) in [6.07, 6.45) is 1.51. The van der Waals surface area contributed by atoms with Gasteiger partial charge in [0.15, 0.2) is 6.40 Å². The predicted molar refractivity (Wildman–Crippen MR) is 74.4 cm³/mol. The van der Waals surface area contributed by atoms with Crippen LogP contribution < -0.4 is 5.46 Å². The number of hydrogen-bond acceptors (Lipinski definition) is 4. The highest BCUT2D eigenvalue weighted by molar-refractivity contribution is 6.61. The van der Waals surface area contributed by atoms with Gasteiger partial charge >= 0.3 is 7.12 Å². The molecule has 0 amide bonds. The van der Waals surface area contributed by atoms with Crippen LogP contribution in [0.5, 0.6) is 0 Å². The van der Waals surface area contributed by atoms with Gasteiger partial charge in [-0.1, -0.05) is 30.3 Å². The van der Waals surface area contributed by atoms with Crippen LogP contribution in [0.3, 0.4) is 0 Å². The summed E-state index contributed by atoms with van der Waals surface area (Å²) in [5, 5.41) is 0. The van der Waals surface area contributed by atoms with Crippen molar-refractivity contribution in [1.29, 1.82) is 0 Å². The molecule has 1 aromatic carbocycles. The van der Waals surface area contributed by atoms with E-state index in [-0.39, 0.29) is 12.7 Å². The number of benzene rings is 1. The van der Waals surface area contributed by atoms with Gasteiger partial charge in [-0.25, -0.2) is 4.99 Å². The lowest BCUT2D eigenvalue weighted by Gasteiger charge is -2.07. The highest BCUT2D eigenvalue weighted by Crippen LogP contribution is 2.11. The third-order valence-corrected chi connectivity index (χ3v) is 2.41. The van der Waals surface area contributed by atoms with Crippen LogP contribution in [0.25, 0.3) is 0 Å². The molecule has 0 bridgehead atoms. The zero-order chi connectivity index (χ0) is 13.4. The molecule has 98 valence electrons. The molecule has 2 rings (SSSR count). The van der Waals surface area contributed by atoms with Crippen LogP contribution in [-0.4, -0.2) is 39.9 Å². The smallest absolute Gasteiger partial charge is 0.481 e. The van der Waals surface area contributed by atoms with Crippen molar-refractivity contribution in [2.75, 3.05) is 20.8 Å². The summed E-state index contributed by atoms with van der Waals surface area (Å²) >= 11 is 0. The van der Waals surface area contributed by atoms with Gasteiger partial charge in [-0.05, 0) is 19.3 Å². The Morgan fingerprint density at radius 3 is 2.11 bits per heavy atom. The van der Waals surface area contributed by atoms with Crippen LogP contribution in [0.4, 0.5) is 0 Å². The van der Waals surface area contributed by atoms with Gasteiger partial charge in [-0.15, -0.1) is 0 Å². The molecule has 0 radical (unpaired) electrons. The topological polar surface area (TPSA) is 40.0 Å². The monoisotopic (exact) mass is 249 g/mol. The Bertz CT molecular complexity index is 364. The third-order valence-electron chi connectivity index (χ3n) is 2.41. The Balaban J connectivity index is 0.000000199. The lowest BCUT2D eigenvalue weighted by molar-refractivity contribution is 0.287. The standard InChI is InChI=1S/C8H11BO2.C5H9NO/c1-10-9(11-2)8-6-4-3-5-7-8;1-5(2)3-7-4-6-5/h3-7H,1-2H3;4H,3H2,1-2H3. The molecular weight excluding hydrogens is 229 g/mol. The zero-order valence-electron chi connectivity index (χ0n) is 11.4. The fourth-order valence-electron chi connectivity index (χ4n) is 1.44. The molecule has 4 nitrogen and oxygen atoms in total. The van der Waals surface area contributed by atoms with Gasteiger partial charge < -0.3 is 14.0 Å². The highest BCUT2D eigenvalue weighted by atomic mass is 16.6. The maximum Gasteiger partial charge on any atom is 0.493 e. The second kappa shape index (κ2) is 7.19. The second-order valence-electron chi connectivity index (χ2n) is 4.57. The van der Waals surface area contributed by atoms with Gasteiger partial charge in [-0.2, -0.15) is 0 Å². The van der Waals surface area contributed by atoms with Gasteiger partial charge in [0.1, 0.15) is 6.61 Å². The molecule has 0 N–H and O–H groups in total. The third kappa shape index (κ3) is 4.90. The molecular formula is C13H20BNO3. The van der Waals surface area contributed by atoms with Gasteiger partial charge in [-0.3, -0.25) is 0 Å². The Morgan fingerprint density at radius 2 is 1.78 bits per heavy atom. The summed E-state index contributed by atoms with van der Waals surface area (Å²) in [6.45, 7) is 4.81. The first-order valence-electron chi connectivity index (χ1n) is 5.85. The van der Waals surface area contributed by atoms with E-state index >= 15 is 0 Å². The van der Waals surface area contributed by atoms with Crippen molar-refractivity contribution in [2.45, 2.75) is 19.4 Å². The number of nitrogens with zero attached hydrogens (tertiary/aromatic N) is 1. The number of hydrogen-bond donors (Lipinski definition) is 0. The largest absolute Gasteiger partial charge is 0.493 e. The van der Waals surface area contributed by atoms with Crippen LogP contribution in [0.15, 0.2) is 35.3 Å². The minimum atomic E-state index is -0.240. The van der Waals surface area contributed by atoms with E-state index in [2.05, 4.69) is 4.99 Å². The van der Waals surface area contributed by atoms with E-state index in [1.54, 1.807) is 14.2 Å².